The third kappa shape index (κ3) is 4.06. The first kappa shape index (κ1) is 19.8. The first-order chi connectivity index (χ1) is 15.3. The first-order valence-electron chi connectivity index (χ1n) is 10.9. The molecular weight excluding hydrogens is 387 g/mol. The van der Waals surface area contributed by atoms with Crippen LogP contribution in [0, 0.1) is 0 Å². The number of imidazole rings is 1. The van der Waals surface area contributed by atoms with Crippen molar-refractivity contribution in [1.29, 1.82) is 0 Å². The van der Waals surface area contributed by atoms with Crippen LogP contribution in [0.2, 0.25) is 0 Å². The number of aromatic nitrogens is 2. The minimum atomic E-state index is -0.272. The van der Waals surface area contributed by atoms with Gasteiger partial charge in [0.2, 0.25) is 0 Å². The van der Waals surface area contributed by atoms with E-state index in [0.29, 0.717) is 6.54 Å². The van der Waals surface area contributed by atoms with Gasteiger partial charge in [-0.15, -0.1) is 0 Å². The lowest BCUT2D eigenvalue weighted by atomic mass is 9.98. The zero-order valence-corrected chi connectivity index (χ0v) is 17.6. The number of anilines is 1. The SMILES string of the molecule is FCCN1CCN(c2ccc3ncn(C(c4ccccc4)c4ccccc4)c3c2)CC1. The average molecular weight is 415 g/mol. The van der Waals surface area contributed by atoms with E-state index in [4.69, 9.17) is 4.98 Å². The summed E-state index contributed by atoms with van der Waals surface area (Å²) in [4.78, 5) is 9.30. The van der Waals surface area contributed by atoms with Crippen LogP contribution in [0.25, 0.3) is 11.0 Å². The molecule has 0 saturated carbocycles. The predicted molar refractivity (Wildman–Crippen MR) is 124 cm³/mol. The van der Waals surface area contributed by atoms with E-state index in [1.165, 1.54) is 16.8 Å². The Hall–Kier alpha value is -3.18. The molecule has 0 unspecified atom stereocenters. The predicted octanol–water partition coefficient (Wildman–Crippen LogP) is 4.77. The Morgan fingerprint density at radius 2 is 1.45 bits per heavy atom. The molecule has 3 aromatic carbocycles. The fourth-order valence-electron chi connectivity index (χ4n) is 4.55. The second-order valence-corrected chi connectivity index (χ2v) is 8.07. The van der Waals surface area contributed by atoms with E-state index < -0.39 is 0 Å². The summed E-state index contributed by atoms with van der Waals surface area (Å²) in [6, 6.07) is 27.8. The Morgan fingerprint density at radius 3 is 2.06 bits per heavy atom. The van der Waals surface area contributed by atoms with Crippen LogP contribution < -0.4 is 4.90 Å². The summed E-state index contributed by atoms with van der Waals surface area (Å²) in [6.45, 7) is 3.90. The molecule has 1 saturated heterocycles. The largest absolute Gasteiger partial charge is 0.369 e. The standard InChI is InChI=1S/C26H27FN4/c27-13-14-29-15-17-30(18-16-29)23-11-12-24-25(19-23)31(20-28-24)26(21-7-3-1-4-8-21)22-9-5-2-6-10-22/h1-12,19-20,26H,13-18H2. The second-order valence-electron chi connectivity index (χ2n) is 8.07. The molecule has 1 aliphatic heterocycles. The Balaban J connectivity index is 1.52. The number of halogens is 1. The van der Waals surface area contributed by atoms with Crippen LogP contribution >= 0.6 is 0 Å². The summed E-state index contributed by atoms with van der Waals surface area (Å²) in [6.07, 6.45) is 1.96. The smallest absolute Gasteiger partial charge is 0.102 e. The minimum Gasteiger partial charge on any atom is -0.369 e. The van der Waals surface area contributed by atoms with Gasteiger partial charge >= 0.3 is 0 Å². The van der Waals surface area contributed by atoms with Crippen LogP contribution in [0.3, 0.4) is 0 Å². The van der Waals surface area contributed by atoms with Crippen LogP contribution in [0.15, 0.2) is 85.2 Å². The Labute approximate surface area is 182 Å². The van der Waals surface area contributed by atoms with Crippen molar-refractivity contribution in [2.24, 2.45) is 0 Å². The lowest BCUT2D eigenvalue weighted by Crippen LogP contribution is -2.47. The number of piperazine rings is 1. The normalized spacial score (nSPS) is 15.1. The van der Waals surface area contributed by atoms with Crippen LogP contribution in [0.1, 0.15) is 17.2 Å². The molecule has 0 spiro atoms. The third-order valence-electron chi connectivity index (χ3n) is 6.21. The van der Waals surface area contributed by atoms with E-state index in [0.717, 1.165) is 37.2 Å². The van der Waals surface area contributed by atoms with E-state index in [9.17, 15) is 4.39 Å². The zero-order chi connectivity index (χ0) is 21.0. The average Bonchev–Trinajstić information content (AvgIpc) is 3.24. The maximum Gasteiger partial charge on any atom is 0.102 e. The van der Waals surface area contributed by atoms with Gasteiger partial charge in [0.15, 0.2) is 0 Å². The monoisotopic (exact) mass is 414 g/mol. The lowest BCUT2D eigenvalue weighted by molar-refractivity contribution is 0.235. The summed E-state index contributed by atoms with van der Waals surface area (Å²) in [5.41, 5.74) is 5.79. The number of benzene rings is 3. The van der Waals surface area contributed by atoms with E-state index >= 15 is 0 Å². The van der Waals surface area contributed by atoms with Gasteiger partial charge in [-0.2, -0.15) is 0 Å². The molecule has 1 fully saturated rings. The van der Waals surface area contributed by atoms with Gasteiger partial charge < -0.3 is 9.47 Å². The lowest BCUT2D eigenvalue weighted by Gasteiger charge is -2.35. The molecule has 2 heterocycles. The van der Waals surface area contributed by atoms with Gasteiger partial charge in [0, 0.05) is 38.4 Å². The van der Waals surface area contributed by atoms with E-state index in [1.54, 1.807) is 0 Å². The van der Waals surface area contributed by atoms with Gasteiger partial charge in [-0.05, 0) is 29.3 Å². The van der Waals surface area contributed by atoms with Crippen molar-refractivity contribution in [3.8, 4) is 0 Å². The van der Waals surface area contributed by atoms with Gasteiger partial charge in [0.05, 0.1) is 23.4 Å². The van der Waals surface area contributed by atoms with Gasteiger partial charge in [0.1, 0.15) is 6.67 Å². The van der Waals surface area contributed by atoms with Gasteiger partial charge in [-0.3, -0.25) is 4.90 Å². The van der Waals surface area contributed by atoms with Crippen LogP contribution in [0.4, 0.5) is 10.1 Å². The molecule has 0 amide bonds. The summed E-state index contributed by atoms with van der Waals surface area (Å²) in [5.74, 6) is 0. The van der Waals surface area contributed by atoms with E-state index in [2.05, 4.69) is 93.2 Å². The number of nitrogens with zero attached hydrogens (tertiary/aromatic N) is 4. The number of hydrogen-bond donors (Lipinski definition) is 0. The Bertz CT molecular complexity index is 1080. The Kier molecular flexibility index (Phi) is 5.67. The van der Waals surface area contributed by atoms with Crippen LogP contribution in [-0.4, -0.2) is 53.8 Å². The van der Waals surface area contributed by atoms with E-state index in [-0.39, 0.29) is 12.7 Å². The highest BCUT2D eigenvalue weighted by Gasteiger charge is 2.21. The Morgan fingerprint density at radius 1 is 0.806 bits per heavy atom. The molecule has 1 aliphatic rings. The van der Waals surface area contributed by atoms with Crippen molar-refractivity contribution in [3.63, 3.8) is 0 Å². The molecule has 5 heteroatoms. The summed E-state index contributed by atoms with van der Waals surface area (Å²) < 4.78 is 15.0. The molecule has 1 aromatic heterocycles. The van der Waals surface area contributed by atoms with Crippen molar-refractivity contribution in [2.75, 3.05) is 44.3 Å². The summed E-state index contributed by atoms with van der Waals surface area (Å²) in [5, 5.41) is 0. The fourth-order valence-corrected chi connectivity index (χ4v) is 4.55. The summed E-state index contributed by atoms with van der Waals surface area (Å²) >= 11 is 0. The maximum atomic E-state index is 12.7. The zero-order valence-electron chi connectivity index (χ0n) is 17.6. The number of rotatable bonds is 6. The molecule has 31 heavy (non-hydrogen) atoms. The number of alkyl halides is 1. The van der Waals surface area contributed by atoms with Crippen molar-refractivity contribution < 1.29 is 4.39 Å². The van der Waals surface area contributed by atoms with Crippen molar-refractivity contribution >= 4 is 16.7 Å². The molecule has 5 rings (SSSR count). The maximum absolute atomic E-state index is 12.7. The molecule has 0 aliphatic carbocycles. The highest BCUT2D eigenvalue weighted by Crippen LogP contribution is 2.31. The molecule has 4 nitrogen and oxygen atoms in total. The number of hydrogen-bond acceptors (Lipinski definition) is 3. The topological polar surface area (TPSA) is 24.3 Å². The number of fused-ring (bicyclic) bond motifs is 1. The van der Waals surface area contributed by atoms with Crippen molar-refractivity contribution in [1.82, 2.24) is 14.5 Å². The molecule has 158 valence electrons. The molecular formula is C26H27FN4. The minimum absolute atomic E-state index is 0.0593. The highest BCUT2D eigenvalue weighted by molar-refractivity contribution is 5.80. The van der Waals surface area contributed by atoms with Gasteiger partial charge in [-0.1, -0.05) is 60.7 Å². The van der Waals surface area contributed by atoms with Crippen molar-refractivity contribution in [3.05, 3.63) is 96.3 Å². The van der Waals surface area contributed by atoms with Gasteiger partial charge in [0.25, 0.3) is 0 Å². The van der Waals surface area contributed by atoms with E-state index in [1.807, 2.05) is 6.33 Å². The second kappa shape index (κ2) is 8.90. The fraction of sp³-hybridized carbons (Fsp3) is 0.269. The van der Waals surface area contributed by atoms with Gasteiger partial charge in [-0.25, -0.2) is 9.37 Å². The van der Waals surface area contributed by atoms with Crippen LogP contribution in [0.5, 0.6) is 0 Å². The van der Waals surface area contributed by atoms with Crippen LogP contribution in [-0.2, 0) is 0 Å². The molecule has 4 aromatic rings. The molecule has 0 radical (unpaired) electrons. The highest BCUT2D eigenvalue weighted by atomic mass is 19.1. The molecule has 0 atom stereocenters. The third-order valence-corrected chi connectivity index (χ3v) is 6.21. The first-order valence-corrected chi connectivity index (χ1v) is 10.9. The van der Waals surface area contributed by atoms with Crippen molar-refractivity contribution in [2.45, 2.75) is 6.04 Å². The molecule has 0 bridgehead atoms. The summed E-state index contributed by atoms with van der Waals surface area (Å²) in [7, 11) is 0. The molecule has 0 N–H and O–H groups in total. The quantitative estimate of drug-likeness (QED) is 0.454.